The lowest BCUT2D eigenvalue weighted by molar-refractivity contribution is -0.670. The van der Waals surface area contributed by atoms with Crippen molar-refractivity contribution in [3.05, 3.63) is 18.7 Å². The van der Waals surface area contributed by atoms with Crippen LogP contribution in [0.25, 0.3) is 0 Å². The van der Waals surface area contributed by atoms with Crippen LogP contribution >= 0.6 is 0 Å². The fourth-order valence-corrected chi connectivity index (χ4v) is 3.08. The minimum absolute atomic E-state index is 0.643. The molecule has 0 radical (unpaired) electrons. The van der Waals surface area contributed by atoms with Crippen molar-refractivity contribution in [3.8, 4) is 0 Å². The summed E-state index contributed by atoms with van der Waals surface area (Å²) >= 11 is 0. The van der Waals surface area contributed by atoms with Crippen molar-refractivity contribution < 1.29 is 13.0 Å². The lowest BCUT2D eigenvalue weighted by Crippen LogP contribution is -2.34. The van der Waals surface area contributed by atoms with Crippen molar-refractivity contribution in [2.24, 2.45) is 7.05 Å². The lowest BCUT2D eigenvalue weighted by Gasteiger charge is -2.10. The van der Waals surface area contributed by atoms with Gasteiger partial charge in [-0.1, -0.05) is 0 Å². The molecule has 0 atom stereocenters. The molecule has 1 aliphatic rings. The first-order valence-electron chi connectivity index (χ1n) is 4.64. The van der Waals surface area contributed by atoms with Crippen LogP contribution in [0.3, 0.4) is 0 Å². The maximum atomic E-state index is 11.9. The Labute approximate surface area is 83.8 Å². The quantitative estimate of drug-likeness (QED) is 0.626. The van der Waals surface area contributed by atoms with E-state index in [0.717, 1.165) is 12.8 Å². The molecule has 2 heterocycles. The van der Waals surface area contributed by atoms with Gasteiger partial charge in [-0.15, -0.1) is 3.97 Å². The van der Waals surface area contributed by atoms with E-state index in [-0.39, 0.29) is 0 Å². The van der Waals surface area contributed by atoms with E-state index in [9.17, 15) is 8.42 Å². The summed E-state index contributed by atoms with van der Waals surface area (Å²) in [6.07, 6.45) is 6.77. The summed E-state index contributed by atoms with van der Waals surface area (Å²) in [6.45, 7) is 1.29. The van der Waals surface area contributed by atoms with Gasteiger partial charge in [0.2, 0.25) is 0 Å². The van der Waals surface area contributed by atoms with Crippen molar-refractivity contribution >= 4 is 10.2 Å². The van der Waals surface area contributed by atoms with Gasteiger partial charge in [0.05, 0.1) is 7.05 Å². The molecule has 0 saturated carbocycles. The van der Waals surface area contributed by atoms with Crippen LogP contribution in [-0.4, -0.2) is 29.8 Å². The minimum atomic E-state index is -3.29. The molecular weight excluding hydrogens is 202 g/mol. The number of aryl methyl sites for hydroxylation is 1. The lowest BCUT2D eigenvalue weighted by atomic mass is 10.4. The van der Waals surface area contributed by atoms with Gasteiger partial charge in [-0.05, 0) is 12.8 Å². The Kier molecular flexibility index (Phi) is 2.32. The van der Waals surface area contributed by atoms with E-state index in [1.807, 2.05) is 0 Å². The van der Waals surface area contributed by atoms with Crippen molar-refractivity contribution in [1.29, 1.82) is 0 Å². The Morgan fingerprint density at radius 1 is 1.29 bits per heavy atom. The second kappa shape index (κ2) is 3.36. The van der Waals surface area contributed by atoms with Crippen molar-refractivity contribution in [2.45, 2.75) is 12.8 Å². The van der Waals surface area contributed by atoms with Gasteiger partial charge in [0.25, 0.3) is 6.33 Å². The van der Waals surface area contributed by atoms with Crippen LogP contribution in [0.2, 0.25) is 0 Å². The summed E-state index contributed by atoms with van der Waals surface area (Å²) in [6, 6.07) is 0. The molecule has 1 saturated heterocycles. The smallest absolute Gasteiger partial charge is 0.238 e. The Bertz CT molecular complexity index is 418. The SMILES string of the molecule is C[n+]1ccn(S(=O)(=O)N2CCCC2)c1. The van der Waals surface area contributed by atoms with Crippen LogP contribution in [0.1, 0.15) is 12.8 Å². The average molecular weight is 216 g/mol. The molecule has 0 aromatic carbocycles. The van der Waals surface area contributed by atoms with Gasteiger partial charge in [0.15, 0.2) is 0 Å². The zero-order valence-electron chi connectivity index (χ0n) is 8.13. The maximum absolute atomic E-state index is 11.9. The van der Waals surface area contributed by atoms with Gasteiger partial charge < -0.3 is 0 Å². The molecule has 0 N–H and O–H groups in total. The van der Waals surface area contributed by atoms with Crippen LogP contribution < -0.4 is 4.57 Å². The standard InChI is InChI=1S/C8H14N3O2S/c1-9-6-7-11(8-9)14(12,13)10-4-2-3-5-10/h6-8H,2-5H2,1H3/q+1. The first-order chi connectivity index (χ1) is 6.60. The van der Waals surface area contributed by atoms with Gasteiger partial charge in [0, 0.05) is 13.1 Å². The van der Waals surface area contributed by atoms with E-state index in [2.05, 4.69) is 0 Å². The third-order valence-electron chi connectivity index (χ3n) is 2.40. The number of imidazole rings is 1. The van der Waals surface area contributed by atoms with E-state index < -0.39 is 10.2 Å². The molecule has 0 aliphatic carbocycles. The number of hydrogen-bond donors (Lipinski definition) is 0. The number of nitrogens with zero attached hydrogens (tertiary/aromatic N) is 3. The first-order valence-corrected chi connectivity index (χ1v) is 6.04. The van der Waals surface area contributed by atoms with Crippen LogP contribution in [0.4, 0.5) is 0 Å². The molecule has 1 fully saturated rings. The highest BCUT2D eigenvalue weighted by atomic mass is 32.2. The van der Waals surface area contributed by atoms with Crippen molar-refractivity contribution in [1.82, 2.24) is 8.28 Å². The number of rotatable bonds is 2. The summed E-state index contributed by atoms with van der Waals surface area (Å²) in [5, 5.41) is 0. The highest BCUT2D eigenvalue weighted by Gasteiger charge is 2.30. The van der Waals surface area contributed by atoms with Gasteiger partial charge in [-0.3, -0.25) is 0 Å². The van der Waals surface area contributed by atoms with Crippen LogP contribution in [0.5, 0.6) is 0 Å². The van der Waals surface area contributed by atoms with Gasteiger partial charge in [0.1, 0.15) is 12.4 Å². The molecule has 14 heavy (non-hydrogen) atoms. The summed E-state index contributed by atoms with van der Waals surface area (Å²) in [5.41, 5.74) is 0. The Balaban J connectivity index is 2.32. The second-order valence-corrected chi connectivity index (χ2v) is 5.36. The topological polar surface area (TPSA) is 46.2 Å². The molecule has 2 rings (SSSR count). The number of hydrogen-bond acceptors (Lipinski definition) is 2. The fraction of sp³-hybridized carbons (Fsp3) is 0.625. The average Bonchev–Trinajstić information content (AvgIpc) is 2.72. The van der Waals surface area contributed by atoms with Crippen molar-refractivity contribution in [2.75, 3.05) is 13.1 Å². The Morgan fingerprint density at radius 3 is 2.43 bits per heavy atom. The van der Waals surface area contributed by atoms with Gasteiger partial charge >= 0.3 is 10.2 Å². The summed E-state index contributed by atoms with van der Waals surface area (Å²) in [4.78, 5) is 0. The fourth-order valence-electron chi connectivity index (χ4n) is 1.62. The molecule has 0 amide bonds. The van der Waals surface area contributed by atoms with Crippen molar-refractivity contribution in [3.63, 3.8) is 0 Å². The molecule has 5 nitrogen and oxygen atoms in total. The first kappa shape index (κ1) is 9.67. The summed E-state index contributed by atoms with van der Waals surface area (Å²) in [7, 11) is -1.49. The predicted molar refractivity (Wildman–Crippen MR) is 50.7 cm³/mol. The van der Waals surface area contributed by atoms with Gasteiger partial charge in [-0.2, -0.15) is 12.7 Å². The highest BCUT2D eigenvalue weighted by molar-refractivity contribution is 7.87. The predicted octanol–water partition coefficient (Wildman–Crippen LogP) is -0.499. The molecule has 0 spiro atoms. The number of aromatic nitrogens is 2. The molecule has 0 unspecified atom stereocenters. The zero-order valence-corrected chi connectivity index (χ0v) is 8.94. The summed E-state index contributed by atoms with van der Waals surface area (Å²) < 4.78 is 28.3. The molecule has 1 aromatic heterocycles. The third kappa shape index (κ3) is 1.55. The Morgan fingerprint density at radius 2 is 1.93 bits per heavy atom. The van der Waals surface area contributed by atoms with E-state index in [1.54, 1.807) is 30.3 Å². The van der Waals surface area contributed by atoms with Crippen LogP contribution in [-0.2, 0) is 17.3 Å². The van der Waals surface area contributed by atoms with E-state index in [1.165, 1.54) is 8.28 Å². The molecular formula is C8H14N3O2S+. The second-order valence-electron chi connectivity index (χ2n) is 3.52. The Hall–Kier alpha value is -0.880. The maximum Gasteiger partial charge on any atom is 0.379 e. The van der Waals surface area contributed by atoms with E-state index in [4.69, 9.17) is 0 Å². The highest BCUT2D eigenvalue weighted by Crippen LogP contribution is 2.13. The molecule has 78 valence electrons. The molecule has 6 heteroatoms. The third-order valence-corrected chi connectivity index (χ3v) is 4.17. The molecule has 1 aromatic rings. The molecule has 0 bridgehead atoms. The van der Waals surface area contributed by atoms with Gasteiger partial charge in [-0.25, -0.2) is 4.57 Å². The molecule has 1 aliphatic heterocycles. The van der Waals surface area contributed by atoms with E-state index >= 15 is 0 Å². The summed E-state index contributed by atoms with van der Waals surface area (Å²) in [5.74, 6) is 0. The normalized spacial score (nSPS) is 18.9. The van der Waals surface area contributed by atoms with Crippen LogP contribution in [0.15, 0.2) is 18.7 Å². The van der Waals surface area contributed by atoms with Crippen LogP contribution in [0, 0.1) is 0 Å². The largest absolute Gasteiger partial charge is 0.379 e. The zero-order chi connectivity index (χ0) is 10.2. The monoisotopic (exact) mass is 216 g/mol. The van der Waals surface area contributed by atoms with E-state index in [0.29, 0.717) is 13.1 Å². The minimum Gasteiger partial charge on any atom is -0.238 e.